The summed E-state index contributed by atoms with van der Waals surface area (Å²) in [5.41, 5.74) is 0. The fraction of sp³-hybridized carbons (Fsp3) is 0.900. The lowest BCUT2D eigenvalue weighted by Gasteiger charge is -2.11. The third-order valence-corrected chi connectivity index (χ3v) is 2.07. The predicted molar refractivity (Wildman–Crippen MR) is 57.1 cm³/mol. The van der Waals surface area contributed by atoms with Gasteiger partial charge < -0.3 is 15.7 Å². The number of rotatable bonds is 8. The Kier molecular flexibility index (Phi) is 8.57. The Morgan fingerprint density at radius 1 is 1.43 bits per heavy atom. The van der Waals surface area contributed by atoms with Gasteiger partial charge >= 0.3 is 0 Å². The van der Waals surface area contributed by atoms with Crippen molar-refractivity contribution in [2.45, 2.75) is 39.2 Å². The Labute approximate surface area is 86.1 Å². The van der Waals surface area contributed by atoms with Crippen LogP contribution in [0.4, 0.5) is 0 Å². The van der Waals surface area contributed by atoms with Gasteiger partial charge in [-0.2, -0.15) is 0 Å². The van der Waals surface area contributed by atoms with Crippen molar-refractivity contribution in [1.29, 1.82) is 0 Å². The largest absolute Gasteiger partial charge is 0.396 e. The van der Waals surface area contributed by atoms with Crippen LogP contribution in [0.5, 0.6) is 0 Å². The molecule has 0 bridgehead atoms. The molecule has 0 aliphatic carbocycles. The molecule has 0 saturated carbocycles. The maximum absolute atomic E-state index is 11.2. The molecular formula is C10H22N2O2. The van der Waals surface area contributed by atoms with Gasteiger partial charge in [0.1, 0.15) is 0 Å². The average Bonchev–Trinajstić information content (AvgIpc) is 2.17. The van der Waals surface area contributed by atoms with E-state index in [1.54, 1.807) is 0 Å². The highest BCUT2D eigenvalue weighted by Gasteiger charge is 2.03. The molecule has 4 nitrogen and oxygen atoms in total. The molecule has 4 heteroatoms. The summed E-state index contributed by atoms with van der Waals surface area (Å²) in [7, 11) is 0. The van der Waals surface area contributed by atoms with Gasteiger partial charge in [0, 0.05) is 12.6 Å². The van der Waals surface area contributed by atoms with E-state index in [-0.39, 0.29) is 18.6 Å². The minimum Gasteiger partial charge on any atom is -0.396 e. The fourth-order valence-electron chi connectivity index (χ4n) is 0.992. The molecule has 0 aliphatic rings. The van der Waals surface area contributed by atoms with E-state index in [0.717, 1.165) is 25.8 Å². The Hall–Kier alpha value is -0.610. The van der Waals surface area contributed by atoms with E-state index >= 15 is 0 Å². The summed E-state index contributed by atoms with van der Waals surface area (Å²) in [4.78, 5) is 11.2. The van der Waals surface area contributed by atoms with E-state index in [4.69, 9.17) is 5.11 Å². The lowest BCUT2D eigenvalue weighted by Crippen LogP contribution is -2.38. The summed E-state index contributed by atoms with van der Waals surface area (Å²) >= 11 is 0. The molecule has 14 heavy (non-hydrogen) atoms. The van der Waals surface area contributed by atoms with E-state index in [9.17, 15) is 4.79 Å². The van der Waals surface area contributed by atoms with Crippen LogP contribution in [-0.4, -0.2) is 36.8 Å². The second-order valence-electron chi connectivity index (χ2n) is 3.48. The van der Waals surface area contributed by atoms with Crippen LogP contribution >= 0.6 is 0 Å². The third-order valence-electron chi connectivity index (χ3n) is 2.07. The van der Waals surface area contributed by atoms with Crippen LogP contribution < -0.4 is 10.6 Å². The highest BCUT2D eigenvalue weighted by Crippen LogP contribution is 1.87. The topological polar surface area (TPSA) is 61.4 Å². The molecule has 0 fully saturated rings. The Balaban J connectivity index is 3.27. The third kappa shape index (κ3) is 8.01. The fourth-order valence-corrected chi connectivity index (χ4v) is 0.992. The molecule has 0 spiro atoms. The second-order valence-corrected chi connectivity index (χ2v) is 3.48. The van der Waals surface area contributed by atoms with Gasteiger partial charge in [-0.1, -0.05) is 6.92 Å². The standard InChI is InChI=1S/C10H22N2O2/c1-3-9(2)12-10(14)8-11-6-4-5-7-13/h9,11,13H,3-8H2,1-2H3,(H,12,14). The smallest absolute Gasteiger partial charge is 0.234 e. The number of carbonyl (C=O) groups excluding carboxylic acids is 1. The first kappa shape index (κ1) is 13.4. The van der Waals surface area contributed by atoms with E-state index in [1.807, 2.05) is 13.8 Å². The number of hydrogen-bond donors (Lipinski definition) is 3. The van der Waals surface area contributed by atoms with Crippen LogP contribution in [0.25, 0.3) is 0 Å². The van der Waals surface area contributed by atoms with Crippen molar-refractivity contribution in [2.24, 2.45) is 0 Å². The molecule has 0 rings (SSSR count). The van der Waals surface area contributed by atoms with Crippen LogP contribution in [0.3, 0.4) is 0 Å². The van der Waals surface area contributed by atoms with Crippen molar-refractivity contribution < 1.29 is 9.90 Å². The zero-order chi connectivity index (χ0) is 10.8. The maximum atomic E-state index is 11.2. The molecule has 1 amide bonds. The minimum atomic E-state index is 0.0448. The molecule has 84 valence electrons. The molecule has 0 aromatic carbocycles. The molecule has 0 aliphatic heterocycles. The summed E-state index contributed by atoms with van der Waals surface area (Å²) < 4.78 is 0. The Bertz CT molecular complexity index is 151. The summed E-state index contributed by atoms with van der Waals surface area (Å²) in [5.74, 6) is 0.0448. The van der Waals surface area contributed by atoms with Crippen molar-refractivity contribution in [1.82, 2.24) is 10.6 Å². The van der Waals surface area contributed by atoms with Gasteiger partial charge in [0.15, 0.2) is 0 Å². The number of unbranched alkanes of at least 4 members (excludes halogenated alkanes) is 1. The van der Waals surface area contributed by atoms with Gasteiger partial charge in [-0.05, 0) is 32.7 Å². The van der Waals surface area contributed by atoms with Gasteiger partial charge in [0.05, 0.1) is 6.54 Å². The van der Waals surface area contributed by atoms with Gasteiger partial charge in [0.2, 0.25) is 5.91 Å². The number of carbonyl (C=O) groups is 1. The molecule has 3 N–H and O–H groups in total. The molecule has 0 radical (unpaired) electrons. The zero-order valence-corrected chi connectivity index (χ0v) is 9.18. The van der Waals surface area contributed by atoms with Gasteiger partial charge in [0.25, 0.3) is 0 Å². The molecule has 1 atom stereocenters. The normalized spacial score (nSPS) is 12.5. The summed E-state index contributed by atoms with van der Waals surface area (Å²) in [6, 6.07) is 0.252. The zero-order valence-electron chi connectivity index (χ0n) is 9.18. The van der Waals surface area contributed by atoms with Crippen molar-refractivity contribution in [3.8, 4) is 0 Å². The Morgan fingerprint density at radius 3 is 2.71 bits per heavy atom. The first-order chi connectivity index (χ1) is 6.70. The first-order valence-corrected chi connectivity index (χ1v) is 5.31. The van der Waals surface area contributed by atoms with Gasteiger partial charge in [-0.25, -0.2) is 0 Å². The molecule has 1 unspecified atom stereocenters. The van der Waals surface area contributed by atoms with Crippen LogP contribution in [0, 0.1) is 0 Å². The van der Waals surface area contributed by atoms with Crippen molar-refractivity contribution in [2.75, 3.05) is 19.7 Å². The number of hydrogen-bond acceptors (Lipinski definition) is 3. The second kappa shape index (κ2) is 8.97. The quantitative estimate of drug-likeness (QED) is 0.495. The molecule has 0 aromatic rings. The summed E-state index contributed by atoms with van der Waals surface area (Å²) in [5, 5.41) is 14.4. The number of aliphatic hydroxyl groups excluding tert-OH is 1. The number of amides is 1. The SMILES string of the molecule is CCC(C)NC(=O)CNCCCCO. The van der Waals surface area contributed by atoms with Crippen LogP contribution in [-0.2, 0) is 4.79 Å². The highest BCUT2D eigenvalue weighted by molar-refractivity contribution is 5.78. The maximum Gasteiger partial charge on any atom is 0.234 e. The highest BCUT2D eigenvalue weighted by atomic mass is 16.2. The molecule has 0 saturated heterocycles. The number of aliphatic hydroxyl groups is 1. The average molecular weight is 202 g/mol. The first-order valence-electron chi connectivity index (χ1n) is 5.31. The van der Waals surface area contributed by atoms with Crippen molar-refractivity contribution in [3.05, 3.63) is 0 Å². The van der Waals surface area contributed by atoms with Gasteiger partial charge in [-0.3, -0.25) is 4.79 Å². The van der Waals surface area contributed by atoms with Gasteiger partial charge in [-0.15, -0.1) is 0 Å². The predicted octanol–water partition coefficient (Wildman–Crippen LogP) is 0.263. The lowest BCUT2D eigenvalue weighted by molar-refractivity contribution is -0.120. The molecule has 0 aromatic heterocycles. The summed E-state index contributed by atoms with van der Waals surface area (Å²) in [6.45, 7) is 5.41. The summed E-state index contributed by atoms with van der Waals surface area (Å²) in [6.07, 6.45) is 2.66. The monoisotopic (exact) mass is 202 g/mol. The van der Waals surface area contributed by atoms with E-state index in [0.29, 0.717) is 6.54 Å². The lowest BCUT2D eigenvalue weighted by atomic mass is 10.2. The number of nitrogens with one attached hydrogen (secondary N) is 2. The van der Waals surface area contributed by atoms with E-state index in [2.05, 4.69) is 10.6 Å². The van der Waals surface area contributed by atoms with Crippen LogP contribution in [0.15, 0.2) is 0 Å². The van der Waals surface area contributed by atoms with Crippen LogP contribution in [0.2, 0.25) is 0 Å². The van der Waals surface area contributed by atoms with Crippen molar-refractivity contribution >= 4 is 5.91 Å². The molecule has 0 heterocycles. The Morgan fingerprint density at radius 2 is 2.14 bits per heavy atom. The molecular weight excluding hydrogens is 180 g/mol. The van der Waals surface area contributed by atoms with E-state index in [1.165, 1.54) is 0 Å². The van der Waals surface area contributed by atoms with Crippen LogP contribution in [0.1, 0.15) is 33.1 Å². The minimum absolute atomic E-state index is 0.0448. The van der Waals surface area contributed by atoms with Crippen molar-refractivity contribution in [3.63, 3.8) is 0 Å². The van der Waals surface area contributed by atoms with E-state index < -0.39 is 0 Å².